The molecule has 0 saturated carbocycles. The summed E-state index contributed by atoms with van der Waals surface area (Å²) in [5.41, 5.74) is 0. The van der Waals surface area contributed by atoms with Gasteiger partial charge in [-0.3, -0.25) is 4.79 Å². The van der Waals surface area contributed by atoms with Crippen molar-refractivity contribution < 1.29 is 9.90 Å². The number of unbranched alkanes of at least 4 members (excludes halogenated alkanes) is 1. The predicted octanol–water partition coefficient (Wildman–Crippen LogP) is 1.66. The van der Waals surface area contributed by atoms with Crippen LogP contribution in [0.5, 0.6) is 0 Å². The summed E-state index contributed by atoms with van der Waals surface area (Å²) in [7, 11) is 0. The third kappa shape index (κ3) is 12.4. The van der Waals surface area contributed by atoms with Gasteiger partial charge in [-0.1, -0.05) is 13.3 Å². The molecule has 3 nitrogen and oxygen atoms in total. The van der Waals surface area contributed by atoms with Gasteiger partial charge in [-0.15, -0.1) is 12.4 Å². The number of hydrogen-bond acceptors (Lipinski definition) is 2. The van der Waals surface area contributed by atoms with Crippen LogP contribution in [0.4, 0.5) is 0 Å². The van der Waals surface area contributed by atoms with Crippen LogP contribution in [-0.4, -0.2) is 24.2 Å². The second-order valence-electron chi connectivity index (χ2n) is 2.60. The summed E-state index contributed by atoms with van der Waals surface area (Å²) < 4.78 is 0. The molecule has 74 valence electrons. The highest BCUT2D eigenvalue weighted by Gasteiger charge is 1.94. The normalized spacial score (nSPS) is 9.08. The van der Waals surface area contributed by atoms with Gasteiger partial charge in [-0.25, -0.2) is 0 Å². The molecule has 0 saturated heterocycles. The number of nitrogens with one attached hydrogen (secondary N) is 1. The van der Waals surface area contributed by atoms with E-state index >= 15 is 0 Å². The van der Waals surface area contributed by atoms with Gasteiger partial charge in [0, 0.05) is 6.42 Å². The van der Waals surface area contributed by atoms with Gasteiger partial charge in [-0.05, 0) is 25.9 Å². The molecule has 12 heavy (non-hydrogen) atoms. The molecule has 0 aromatic heterocycles. The van der Waals surface area contributed by atoms with E-state index in [0.717, 1.165) is 19.5 Å². The highest BCUT2D eigenvalue weighted by molar-refractivity contribution is 5.85. The zero-order valence-corrected chi connectivity index (χ0v) is 8.32. The first kappa shape index (κ1) is 14.3. The molecule has 0 atom stereocenters. The monoisotopic (exact) mass is 195 g/mol. The van der Waals surface area contributed by atoms with E-state index < -0.39 is 5.97 Å². The van der Waals surface area contributed by atoms with Gasteiger partial charge in [0.2, 0.25) is 0 Å². The number of hydrogen-bond donors (Lipinski definition) is 2. The van der Waals surface area contributed by atoms with E-state index in [1.54, 1.807) is 0 Å². The Kier molecular flexibility index (Phi) is 12.7. The fraction of sp³-hybridized carbons (Fsp3) is 0.875. The van der Waals surface area contributed by atoms with E-state index in [1.165, 1.54) is 12.8 Å². The van der Waals surface area contributed by atoms with Crippen molar-refractivity contribution in [1.82, 2.24) is 5.32 Å². The highest BCUT2D eigenvalue weighted by Crippen LogP contribution is 1.87. The van der Waals surface area contributed by atoms with Crippen molar-refractivity contribution in [1.29, 1.82) is 0 Å². The number of aliphatic carboxylic acids is 1. The van der Waals surface area contributed by atoms with E-state index in [0.29, 0.717) is 0 Å². The molecule has 0 rings (SSSR count). The number of halogens is 1. The molecule has 0 aromatic rings. The summed E-state index contributed by atoms with van der Waals surface area (Å²) in [5.74, 6) is -0.706. The molecule has 0 unspecified atom stereocenters. The molecule has 0 amide bonds. The Bertz CT molecular complexity index is 109. The summed E-state index contributed by atoms with van der Waals surface area (Å²) in [6.07, 6.45) is 3.37. The van der Waals surface area contributed by atoms with E-state index in [4.69, 9.17) is 5.11 Å². The first-order valence-electron chi connectivity index (χ1n) is 4.20. The fourth-order valence-corrected chi connectivity index (χ4v) is 0.791. The van der Waals surface area contributed by atoms with Crippen molar-refractivity contribution >= 4 is 18.4 Å². The summed E-state index contributed by atoms with van der Waals surface area (Å²) >= 11 is 0. The van der Waals surface area contributed by atoms with Crippen LogP contribution in [0.25, 0.3) is 0 Å². The van der Waals surface area contributed by atoms with Crippen LogP contribution in [0, 0.1) is 0 Å². The van der Waals surface area contributed by atoms with Gasteiger partial charge < -0.3 is 10.4 Å². The van der Waals surface area contributed by atoms with Crippen LogP contribution in [0.3, 0.4) is 0 Å². The van der Waals surface area contributed by atoms with Crippen molar-refractivity contribution in [3.8, 4) is 0 Å². The zero-order valence-electron chi connectivity index (χ0n) is 7.51. The SMILES string of the molecule is CCCCNCCCC(=O)O.Cl. The molecule has 0 aliphatic rings. The first-order chi connectivity index (χ1) is 5.27. The third-order valence-corrected chi connectivity index (χ3v) is 1.45. The minimum Gasteiger partial charge on any atom is -0.481 e. The van der Waals surface area contributed by atoms with E-state index in [-0.39, 0.29) is 18.8 Å². The summed E-state index contributed by atoms with van der Waals surface area (Å²) in [4.78, 5) is 10.1. The van der Waals surface area contributed by atoms with Crippen molar-refractivity contribution in [3.63, 3.8) is 0 Å². The van der Waals surface area contributed by atoms with Crippen LogP contribution in [0.1, 0.15) is 32.6 Å². The summed E-state index contributed by atoms with van der Waals surface area (Å²) in [6.45, 7) is 3.97. The van der Waals surface area contributed by atoms with Crippen molar-refractivity contribution in [2.24, 2.45) is 0 Å². The summed E-state index contributed by atoms with van der Waals surface area (Å²) in [5, 5.41) is 11.5. The molecule has 0 aromatic carbocycles. The van der Waals surface area contributed by atoms with Crippen LogP contribution in [0.15, 0.2) is 0 Å². The first-order valence-corrected chi connectivity index (χ1v) is 4.20. The van der Waals surface area contributed by atoms with E-state index in [1.807, 2.05) is 0 Å². The topological polar surface area (TPSA) is 49.3 Å². The minimum atomic E-state index is -0.706. The number of rotatable bonds is 7. The van der Waals surface area contributed by atoms with E-state index in [2.05, 4.69) is 12.2 Å². The summed E-state index contributed by atoms with van der Waals surface area (Å²) in [6, 6.07) is 0. The smallest absolute Gasteiger partial charge is 0.303 e. The molecule has 0 radical (unpaired) electrons. The Morgan fingerprint density at radius 3 is 2.42 bits per heavy atom. The Hall–Kier alpha value is -0.280. The zero-order chi connectivity index (χ0) is 8.53. The molecule has 0 fully saturated rings. The lowest BCUT2D eigenvalue weighted by molar-refractivity contribution is -0.137. The number of carboxylic acid groups (broad SMARTS) is 1. The van der Waals surface area contributed by atoms with Crippen molar-refractivity contribution in [3.05, 3.63) is 0 Å². The number of carbonyl (C=O) groups is 1. The molecule has 0 aliphatic heterocycles. The predicted molar refractivity (Wildman–Crippen MR) is 51.9 cm³/mol. The lowest BCUT2D eigenvalue weighted by Crippen LogP contribution is -2.17. The standard InChI is InChI=1S/C8H17NO2.ClH/c1-2-3-6-9-7-4-5-8(10)11;/h9H,2-7H2,1H3,(H,10,11);1H. The highest BCUT2D eigenvalue weighted by atomic mass is 35.5. The Labute approximate surface area is 80.0 Å². The second-order valence-corrected chi connectivity index (χ2v) is 2.60. The third-order valence-electron chi connectivity index (χ3n) is 1.45. The van der Waals surface area contributed by atoms with Crippen LogP contribution < -0.4 is 5.32 Å². The van der Waals surface area contributed by atoms with Crippen LogP contribution in [-0.2, 0) is 4.79 Å². The maximum atomic E-state index is 10.1. The van der Waals surface area contributed by atoms with Gasteiger partial charge in [0.05, 0.1) is 0 Å². The minimum absolute atomic E-state index is 0. The van der Waals surface area contributed by atoms with Gasteiger partial charge in [0.15, 0.2) is 0 Å². The van der Waals surface area contributed by atoms with Crippen LogP contribution in [0.2, 0.25) is 0 Å². The molecule has 4 heteroatoms. The van der Waals surface area contributed by atoms with Gasteiger partial charge in [0.1, 0.15) is 0 Å². The average molecular weight is 196 g/mol. The van der Waals surface area contributed by atoms with Crippen molar-refractivity contribution in [2.75, 3.05) is 13.1 Å². The van der Waals surface area contributed by atoms with Gasteiger partial charge in [0.25, 0.3) is 0 Å². The molecule has 2 N–H and O–H groups in total. The molecule has 0 aliphatic carbocycles. The fourth-order valence-electron chi connectivity index (χ4n) is 0.791. The largest absolute Gasteiger partial charge is 0.481 e. The van der Waals surface area contributed by atoms with Gasteiger partial charge in [-0.2, -0.15) is 0 Å². The second kappa shape index (κ2) is 10.7. The van der Waals surface area contributed by atoms with Crippen molar-refractivity contribution in [2.45, 2.75) is 32.6 Å². The lowest BCUT2D eigenvalue weighted by atomic mass is 10.3. The van der Waals surface area contributed by atoms with Gasteiger partial charge >= 0.3 is 5.97 Å². The Balaban J connectivity index is 0. The molecular formula is C8H18ClNO2. The maximum Gasteiger partial charge on any atom is 0.303 e. The van der Waals surface area contributed by atoms with Crippen LogP contribution >= 0.6 is 12.4 Å². The maximum absolute atomic E-state index is 10.1. The number of carboxylic acids is 1. The molecule has 0 bridgehead atoms. The Morgan fingerprint density at radius 1 is 1.33 bits per heavy atom. The molecule has 0 spiro atoms. The quantitative estimate of drug-likeness (QED) is 0.608. The molecular weight excluding hydrogens is 178 g/mol. The molecule has 0 heterocycles. The average Bonchev–Trinajstić information content (AvgIpc) is 1.96. The van der Waals surface area contributed by atoms with E-state index in [9.17, 15) is 4.79 Å². The Morgan fingerprint density at radius 2 is 1.92 bits per heavy atom. The lowest BCUT2D eigenvalue weighted by Gasteiger charge is -2.00.